The van der Waals surface area contributed by atoms with E-state index in [9.17, 15) is 0 Å². The molecule has 0 radical (unpaired) electrons. The van der Waals surface area contributed by atoms with Crippen LogP contribution in [0.2, 0.25) is 0 Å². The Morgan fingerprint density at radius 3 is 2.95 bits per heavy atom. The first-order chi connectivity index (χ1) is 9.83. The van der Waals surface area contributed by atoms with Gasteiger partial charge in [-0.05, 0) is 31.4 Å². The van der Waals surface area contributed by atoms with E-state index in [-0.39, 0.29) is 0 Å². The normalized spacial score (nSPS) is 29.3. The van der Waals surface area contributed by atoms with Crippen molar-refractivity contribution in [3.63, 3.8) is 0 Å². The molecule has 1 spiro atoms. The van der Waals surface area contributed by atoms with Crippen molar-refractivity contribution in [3.05, 3.63) is 30.1 Å². The summed E-state index contributed by atoms with van der Waals surface area (Å²) in [5.41, 5.74) is 1.04. The Hall–Kier alpha value is -0.580. The average Bonchev–Trinajstić information content (AvgIpc) is 2.80. The molecule has 0 amide bonds. The van der Waals surface area contributed by atoms with Gasteiger partial charge in [-0.1, -0.05) is 12.5 Å². The van der Waals surface area contributed by atoms with Crippen LogP contribution in [0.15, 0.2) is 24.4 Å². The molecule has 0 bridgehead atoms. The van der Waals surface area contributed by atoms with Crippen molar-refractivity contribution in [1.82, 2.24) is 9.88 Å². The zero-order chi connectivity index (χ0) is 13.4. The fraction of sp³-hybridized carbons (Fsp3) is 0.688. The van der Waals surface area contributed by atoms with Gasteiger partial charge in [0.25, 0.3) is 0 Å². The van der Waals surface area contributed by atoms with Crippen LogP contribution in [0.1, 0.15) is 31.4 Å². The van der Waals surface area contributed by atoms with Gasteiger partial charge in [-0.25, -0.2) is 0 Å². The molecule has 108 valence electrons. The highest BCUT2D eigenvalue weighted by atomic mass is 32.2. The van der Waals surface area contributed by atoms with Gasteiger partial charge in [0.1, 0.15) is 0 Å². The van der Waals surface area contributed by atoms with Crippen LogP contribution >= 0.6 is 11.8 Å². The van der Waals surface area contributed by atoms with E-state index in [1.165, 1.54) is 38.8 Å². The first-order valence-electron chi connectivity index (χ1n) is 7.73. The molecule has 3 aliphatic rings. The lowest BCUT2D eigenvalue weighted by Crippen LogP contribution is -2.63. The van der Waals surface area contributed by atoms with E-state index in [4.69, 9.17) is 4.74 Å². The van der Waals surface area contributed by atoms with Crippen LogP contribution in [0.5, 0.6) is 0 Å². The molecular weight excluding hydrogens is 268 g/mol. The van der Waals surface area contributed by atoms with Gasteiger partial charge in [-0.15, -0.1) is 11.8 Å². The molecule has 4 heteroatoms. The molecular formula is C16H22N2OS. The minimum absolute atomic E-state index is 0.422. The summed E-state index contributed by atoms with van der Waals surface area (Å²) >= 11 is 2.14. The Bertz CT molecular complexity index is 457. The van der Waals surface area contributed by atoms with Gasteiger partial charge in [0, 0.05) is 35.8 Å². The number of hydrogen-bond donors (Lipinski definition) is 0. The van der Waals surface area contributed by atoms with Gasteiger partial charge < -0.3 is 4.74 Å². The maximum absolute atomic E-state index is 6.05. The molecule has 1 aromatic rings. The van der Waals surface area contributed by atoms with Crippen LogP contribution in [-0.2, 0) is 11.3 Å². The number of pyridine rings is 1. The lowest BCUT2D eigenvalue weighted by Gasteiger charge is -2.53. The van der Waals surface area contributed by atoms with E-state index in [2.05, 4.69) is 21.6 Å². The molecule has 1 unspecified atom stereocenters. The highest BCUT2D eigenvalue weighted by Gasteiger charge is 2.51. The molecule has 0 aromatic carbocycles. The van der Waals surface area contributed by atoms with Crippen LogP contribution in [-0.4, -0.2) is 45.6 Å². The van der Waals surface area contributed by atoms with Crippen LogP contribution in [0.25, 0.3) is 0 Å². The Labute approximate surface area is 125 Å². The van der Waals surface area contributed by atoms with Crippen LogP contribution < -0.4 is 0 Å². The molecule has 1 atom stereocenters. The van der Waals surface area contributed by atoms with Gasteiger partial charge >= 0.3 is 0 Å². The third-order valence-corrected chi connectivity index (χ3v) is 6.52. The number of nitrogens with zero attached hydrogens (tertiary/aromatic N) is 2. The van der Waals surface area contributed by atoms with Crippen molar-refractivity contribution >= 4 is 11.8 Å². The minimum Gasteiger partial charge on any atom is -0.371 e. The molecule has 3 nitrogen and oxygen atoms in total. The summed E-state index contributed by atoms with van der Waals surface area (Å²) in [5, 5.41) is 0. The monoisotopic (exact) mass is 290 g/mol. The lowest BCUT2D eigenvalue weighted by atomic mass is 9.84. The maximum Gasteiger partial charge on any atom is 0.0892 e. The van der Waals surface area contributed by atoms with Crippen molar-refractivity contribution in [2.75, 3.05) is 18.8 Å². The smallest absolute Gasteiger partial charge is 0.0892 e. The van der Waals surface area contributed by atoms with Crippen molar-refractivity contribution in [2.45, 2.75) is 49.2 Å². The second-order valence-electron chi connectivity index (χ2n) is 6.44. The zero-order valence-electron chi connectivity index (χ0n) is 11.8. The van der Waals surface area contributed by atoms with Crippen molar-refractivity contribution < 1.29 is 4.74 Å². The molecule has 1 aromatic heterocycles. The lowest BCUT2D eigenvalue weighted by molar-refractivity contribution is -0.000231. The van der Waals surface area contributed by atoms with E-state index < -0.39 is 0 Å². The predicted octanol–water partition coefficient (Wildman–Crippen LogP) is 2.71. The van der Waals surface area contributed by atoms with Gasteiger partial charge in [-0.2, -0.15) is 0 Å². The third kappa shape index (κ3) is 2.49. The maximum atomic E-state index is 6.05. The summed E-state index contributed by atoms with van der Waals surface area (Å²) in [6.07, 6.45) is 7.79. The Morgan fingerprint density at radius 1 is 1.35 bits per heavy atom. The first kappa shape index (κ1) is 13.1. The number of thioether (sulfide) groups is 1. The zero-order valence-corrected chi connectivity index (χ0v) is 12.6. The van der Waals surface area contributed by atoms with E-state index >= 15 is 0 Å². The highest BCUT2D eigenvalue weighted by Crippen LogP contribution is 2.48. The van der Waals surface area contributed by atoms with Gasteiger partial charge in [-0.3, -0.25) is 9.88 Å². The van der Waals surface area contributed by atoms with Crippen LogP contribution in [0.4, 0.5) is 0 Å². The summed E-state index contributed by atoms with van der Waals surface area (Å²) in [6, 6.07) is 6.93. The van der Waals surface area contributed by atoms with E-state index in [0.29, 0.717) is 17.5 Å². The van der Waals surface area contributed by atoms with Crippen molar-refractivity contribution in [3.8, 4) is 0 Å². The van der Waals surface area contributed by atoms with Crippen LogP contribution in [0, 0.1) is 0 Å². The van der Waals surface area contributed by atoms with E-state index in [0.717, 1.165) is 17.5 Å². The summed E-state index contributed by atoms with van der Waals surface area (Å²) < 4.78 is 6.57. The second-order valence-corrected chi connectivity index (χ2v) is 7.93. The number of likely N-dealkylation sites (tertiary alicyclic amines) is 1. The van der Waals surface area contributed by atoms with E-state index in [1.54, 1.807) is 0 Å². The van der Waals surface area contributed by atoms with Gasteiger partial charge in [0.15, 0.2) is 0 Å². The molecule has 20 heavy (non-hydrogen) atoms. The molecule has 1 aliphatic carbocycles. The van der Waals surface area contributed by atoms with E-state index in [1.807, 2.05) is 24.4 Å². The number of aromatic nitrogens is 1. The molecule has 4 rings (SSSR count). The average molecular weight is 290 g/mol. The highest BCUT2D eigenvalue weighted by molar-refractivity contribution is 8.01. The predicted molar refractivity (Wildman–Crippen MR) is 81.8 cm³/mol. The quantitative estimate of drug-likeness (QED) is 0.851. The van der Waals surface area contributed by atoms with Gasteiger partial charge in [0.2, 0.25) is 0 Å². The Balaban J connectivity index is 1.25. The first-order valence-corrected chi connectivity index (χ1v) is 8.71. The summed E-state index contributed by atoms with van der Waals surface area (Å²) in [4.78, 5) is 7.02. The molecule has 2 saturated heterocycles. The van der Waals surface area contributed by atoms with Crippen molar-refractivity contribution in [1.29, 1.82) is 0 Å². The fourth-order valence-electron chi connectivity index (χ4n) is 3.52. The van der Waals surface area contributed by atoms with Crippen molar-refractivity contribution in [2.24, 2.45) is 0 Å². The number of hydrogen-bond acceptors (Lipinski definition) is 4. The molecule has 2 aliphatic heterocycles. The fourth-order valence-corrected chi connectivity index (χ4v) is 5.09. The molecule has 0 N–H and O–H groups in total. The summed E-state index contributed by atoms with van der Waals surface area (Å²) in [5.74, 6) is 1.16. The minimum atomic E-state index is 0.422. The standard InChI is InChI=1S/C16H22N2OS/c1-2-7-17-13(4-1)9-19-15-8-16(20-10-15)11-18(12-16)14-5-3-6-14/h1-2,4,7,14-15H,3,5-6,8-12H2. The third-order valence-electron chi connectivity index (χ3n) is 4.94. The Morgan fingerprint density at radius 2 is 2.25 bits per heavy atom. The van der Waals surface area contributed by atoms with Gasteiger partial charge in [0.05, 0.1) is 18.4 Å². The number of rotatable bonds is 4. The second kappa shape index (κ2) is 5.32. The Kier molecular flexibility index (Phi) is 3.49. The number of ether oxygens (including phenoxy) is 1. The molecule has 3 heterocycles. The van der Waals surface area contributed by atoms with Crippen LogP contribution in [0.3, 0.4) is 0 Å². The molecule has 1 saturated carbocycles. The summed E-state index contributed by atoms with van der Waals surface area (Å²) in [7, 11) is 0. The molecule has 3 fully saturated rings. The summed E-state index contributed by atoms with van der Waals surface area (Å²) in [6.45, 7) is 3.26. The SMILES string of the molecule is c1ccc(COC2CSC3(C2)CN(C2CCC2)C3)nc1. The largest absolute Gasteiger partial charge is 0.371 e. The topological polar surface area (TPSA) is 25.4 Å².